The molecule has 0 aliphatic carbocycles. The molecule has 2 heterocycles. The summed E-state index contributed by atoms with van der Waals surface area (Å²) < 4.78 is 5.15. The maximum Gasteiger partial charge on any atom is 0.224 e. The number of amides is 1. The number of hydrogen-bond donors (Lipinski definition) is 1. The molecule has 1 aromatic heterocycles. The number of rotatable bonds is 5. The minimum atomic E-state index is 0.0187. The van der Waals surface area contributed by atoms with E-state index in [4.69, 9.17) is 4.52 Å². The van der Waals surface area contributed by atoms with E-state index in [2.05, 4.69) is 27.5 Å². The Bertz CT molecular complexity index is 732. The van der Waals surface area contributed by atoms with Gasteiger partial charge in [-0.05, 0) is 51.0 Å². The van der Waals surface area contributed by atoms with Crippen molar-refractivity contribution in [3.8, 4) is 0 Å². The molecule has 6 heteroatoms. The number of hydrogen-bond acceptors (Lipinski definition) is 5. The third-order valence-corrected chi connectivity index (χ3v) is 5.59. The highest BCUT2D eigenvalue weighted by Crippen LogP contribution is 2.25. The van der Waals surface area contributed by atoms with Crippen LogP contribution in [0.15, 0.2) is 22.7 Å². The lowest BCUT2D eigenvalue weighted by Crippen LogP contribution is -2.32. The lowest BCUT2D eigenvalue weighted by atomic mass is 10.1. The van der Waals surface area contributed by atoms with Gasteiger partial charge in [0.1, 0.15) is 5.76 Å². The Kier molecular flexibility index (Phi) is 5.68. The van der Waals surface area contributed by atoms with Crippen molar-refractivity contribution in [1.82, 2.24) is 5.16 Å². The molecule has 1 amide bonds. The van der Waals surface area contributed by atoms with Crippen molar-refractivity contribution in [2.45, 2.75) is 33.6 Å². The molecule has 0 unspecified atom stereocenters. The summed E-state index contributed by atoms with van der Waals surface area (Å²) in [5, 5.41) is 6.96. The molecule has 1 aliphatic rings. The molecule has 134 valence electrons. The fourth-order valence-corrected chi connectivity index (χ4v) is 4.02. The molecule has 0 saturated carbocycles. The van der Waals surface area contributed by atoms with E-state index in [1.807, 2.05) is 38.6 Å². The van der Waals surface area contributed by atoms with Crippen LogP contribution in [0.3, 0.4) is 0 Å². The Hall–Kier alpha value is -1.95. The van der Waals surface area contributed by atoms with Gasteiger partial charge < -0.3 is 14.7 Å². The third kappa shape index (κ3) is 4.37. The van der Waals surface area contributed by atoms with E-state index in [0.29, 0.717) is 12.8 Å². The van der Waals surface area contributed by atoms with Gasteiger partial charge in [0.05, 0.1) is 5.69 Å². The monoisotopic (exact) mass is 359 g/mol. The molecule has 0 atom stereocenters. The van der Waals surface area contributed by atoms with Crippen LogP contribution in [0.4, 0.5) is 11.4 Å². The van der Waals surface area contributed by atoms with Crippen molar-refractivity contribution in [3.05, 3.63) is 40.8 Å². The van der Waals surface area contributed by atoms with Crippen LogP contribution in [-0.2, 0) is 11.2 Å². The van der Waals surface area contributed by atoms with E-state index in [0.717, 1.165) is 41.4 Å². The number of benzene rings is 1. The Morgan fingerprint density at radius 3 is 2.68 bits per heavy atom. The summed E-state index contributed by atoms with van der Waals surface area (Å²) in [7, 11) is 0. The number of nitrogens with zero attached hydrogens (tertiary/aromatic N) is 2. The van der Waals surface area contributed by atoms with Crippen molar-refractivity contribution in [3.63, 3.8) is 0 Å². The van der Waals surface area contributed by atoms with Gasteiger partial charge in [0.25, 0.3) is 0 Å². The minimum absolute atomic E-state index is 0.0187. The first-order valence-electron chi connectivity index (χ1n) is 8.69. The first kappa shape index (κ1) is 17.9. The fraction of sp³-hybridized carbons (Fsp3) is 0.474. The summed E-state index contributed by atoms with van der Waals surface area (Å²) in [4.78, 5) is 14.7. The van der Waals surface area contributed by atoms with E-state index >= 15 is 0 Å². The SMILES string of the molecule is Cc1cc(N2CCSCC2)ccc1NC(=O)CCc1c(C)noc1C. The largest absolute Gasteiger partial charge is 0.370 e. The maximum absolute atomic E-state index is 12.3. The van der Waals surface area contributed by atoms with E-state index in [9.17, 15) is 4.79 Å². The Morgan fingerprint density at radius 2 is 2.04 bits per heavy atom. The van der Waals surface area contributed by atoms with Crippen LogP contribution in [0.2, 0.25) is 0 Å². The van der Waals surface area contributed by atoms with Crippen molar-refractivity contribution in [2.75, 3.05) is 34.8 Å². The molecule has 25 heavy (non-hydrogen) atoms. The van der Waals surface area contributed by atoms with Crippen LogP contribution in [-0.4, -0.2) is 35.7 Å². The number of nitrogens with one attached hydrogen (secondary N) is 1. The highest BCUT2D eigenvalue weighted by Gasteiger charge is 2.14. The standard InChI is InChI=1S/C19H25N3O2S/c1-13-12-16(22-8-10-25-11-9-22)4-6-18(13)20-19(23)7-5-17-14(2)21-24-15(17)3/h4,6,12H,5,7-11H2,1-3H3,(H,20,23). The molecule has 1 aromatic carbocycles. The van der Waals surface area contributed by atoms with Crippen LogP contribution < -0.4 is 10.2 Å². The van der Waals surface area contributed by atoms with Gasteiger partial charge in [0.2, 0.25) is 5.91 Å². The van der Waals surface area contributed by atoms with Crippen LogP contribution in [0.1, 0.15) is 29.0 Å². The van der Waals surface area contributed by atoms with Gasteiger partial charge in [-0.15, -0.1) is 0 Å². The predicted molar refractivity (Wildman–Crippen MR) is 104 cm³/mol. The summed E-state index contributed by atoms with van der Waals surface area (Å²) in [6.45, 7) is 8.02. The van der Waals surface area contributed by atoms with Crippen molar-refractivity contribution < 1.29 is 9.32 Å². The molecule has 2 aromatic rings. The summed E-state index contributed by atoms with van der Waals surface area (Å²) >= 11 is 2.01. The highest BCUT2D eigenvalue weighted by atomic mass is 32.2. The molecule has 1 N–H and O–H groups in total. The van der Waals surface area contributed by atoms with Crippen molar-refractivity contribution in [2.24, 2.45) is 0 Å². The fourth-order valence-electron chi connectivity index (χ4n) is 3.12. The lowest BCUT2D eigenvalue weighted by Gasteiger charge is -2.29. The first-order valence-corrected chi connectivity index (χ1v) is 9.85. The molecule has 1 aliphatic heterocycles. The third-order valence-electron chi connectivity index (χ3n) is 4.64. The maximum atomic E-state index is 12.3. The van der Waals surface area contributed by atoms with Gasteiger partial charge >= 0.3 is 0 Å². The minimum Gasteiger partial charge on any atom is -0.370 e. The highest BCUT2D eigenvalue weighted by molar-refractivity contribution is 7.99. The second kappa shape index (κ2) is 7.95. The average molecular weight is 359 g/mol. The van der Waals surface area contributed by atoms with Gasteiger partial charge in [0, 0.05) is 48.0 Å². The lowest BCUT2D eigenvalue weighted by molar-refractivity contribution is -0.116. The second-order valence-corrected chi connectivity index (χ2v) is 7.67. The normalized spacial score (nSPS) is 14.6. The molecule has 3 rings (SSSR count). The molecular formula is C19H25N3O2S. The number of carbonyl (C=O) groups is 1. The summed E-state index contributed by atoms with van der Waals surface area (Å²) in [5.74, 6) is 3.18. The number of aromatic nitrogens is 1. The predicted octanol–water partition coefficient (Wildman–Crippen LogP) is 3.72. The first-order chi connectivity index (χ1) is 12.0. The number of carbonyl (C=O) groups excluding carboxylic acids is 1. The number of thioether (sulfide) groups is 1. The van der Waals surface area contributed by atoms with Crippen LogP contribution in [0, 0.1) is 20.8 Å². The average Bonchev–Trinajstić information content (AvgIpc) is 2.94. The van der Waals surface area contributed by atoms with Gasteiger partial charge in [-0.1, -0.05) is 5.16 Å². The van der Waals surface area contributed by atoms with E-state index < -0.39 is 0 Å². The van der Waals surface area contributed by atoms with E-state index in [-0.39, 0.29) is 5.91 Å². The van der Waals surface area contributed by atoms with Gasteiger partial charge in [-0.25, -0.2) is 0 Å². The summed E-state index contributed by atoms with van der Waals surface area (Å²) in [6, 6.07) is 6.28. The molecule has 1 saturated heterocycles. The zero-order chi connectivity index (χ0) is 17.8. The summed E-state index contributed by atoms with van der Waals surface area (Å²) in [6.07, 6.45) is 1.07. The van der Waals surface area contributed by atoms with E-state index in [1.54, 1.807) is 0 Å². The molecule has 0 bridgehead atoms. The Morgan fingerprint density at radius 1 is 1.28 bits per heavy atom. The topological polar surface area (TPSA) is 58.4 Å². The van der Waals surface area contributed by atoms with Crippen LogP contribution in [0.25, 0.3) is 0 Å². The quantitative estimate of drug-likeness (QED) is 0.882. The van der Waals surface area contributed by atoms with Gasteiger partial charge in [0.15, 0.2) is 0 Å². The zero-order valence-electron chi connectivity index (χ0n) is 15.1. The molecule has 0 radical (unpaired) electrons. The van der Waals surface area contributed by atoms with Crippen LogP contribution in [0.5, 0.6) is 0 Å². The van der Waals surface area contributed by atoms with Gasteiger partial charge in [-0.3, -0.25) is 4.79 Å². The number of anilines is 2. The van der Waals surface area contributed by atoms with Crippen molar-refractivity contribution in [1.29, 1.82) is 0 Å². The van der Waals surface area contributed by atoms with Gasteiger partial charge in [-0.2, -0.15) is 11.8 Å². The van der Waals surface area contributed by atoms with Crippen molar-refractivity contribution >= 4 is 29.0 Å². The number of aryl methyl sites for hydroxylation is 3. The second-order valence-electron chi connectivity index (χ2n) is 6.45. The van der Waals surface area contributed by atoms with E-state index in [1.165, 1.54) is 17.2 Å². The molecular weight excluding hydrogens is 334 g/mol. The molecule has 5 nitrogen and oxygen atoms in total. The smallest absolute Gasteiger partial charge is 0.224 e. The Balaban J connectivity index is 1.59. The zero-order valence-corrected chi connectivity index (χ0v) is 15.9. The molecule has 1 fully saturated rings. The summed E-state index contributed by atoms with van der Waals surface area (Å²) in [5.41, 5.74) is 5.13. The molecule has 0 spiro atoms. The van der Waals surface area contributed by atoms with Crippen LogP contribution >= 0.6 is 11.8 Å². The Labute approximate surface area is 153 Å².